The van der Waals surface area contributed by atoms with Gasteiger partial charge in [-0.2, -0.15) is 0 Å². The summed E-state index contributed by atoms with van der Waals surface area (Å²) in [6, 6.07) is 0.606. The summed E-state index contributed by atoms with van der Waals surface area (Å²) in [7, 11) is 0. The molecule has 3 unspecified atom stereocenters. The zero-order valence-corrected chi connectivity index (χ0v) is 12.7. The predicted molar refractivity (Wildman–Crippen MR) is 79.0 cm³/mol. The third-order valence-corrected chi connectivity index (χ3v) is 4.21. The van der Waals surface area contributed by atoms with E-state index in [4.69, 9.17) is 4.74 Å². The normalized spacial score (nSPS) is 28.5. The number of ether oxygens (including phenoxy) is 1. The second kappa shape index (κ2) is 9.80. The molecule has 1 N–H and O–H groups in total. The molecule has 0 aromatic carbocycles. The van der Waals surface area contributed by atoms with Crippen LogP contribution in [0.2, 0.25) is 0 Å². The number of hydrogen-bond acceptors (Lipinski definition) is 2. The van der Waals surface area contributed by atoms with Crippen molar-refractivity contribution in [2.24, 2.45) is 5.92 Å². The van der Waals surface area contributed by atoms with Crippen molar-refractivity contribution in [2.75, 3.05) is 13.2 Å². The van der Waals surface area contributed by atoms with E-state index in [2.05, 4.69) is 26.1 Å². The minimum Gasteiger partial charge on any atom is -0.377 e. The molecule has 0 aromatic rings. The average Bonchev–Trinajstić information content (AvgIpc) is 2.42. The van der Waals surface area contributed by atoms with Gasteiger partial charge in [-0.25, -0.2) is 0 Å². The number of hydrogen-bond donors (Lipinski definition) is 1. The lowest BCUT2D eigenvalue weighted by molar-refractivity contribution is -0.0118. The Labute approximate surface area is 114 Å². The van der Waals surface area contributed by atoms with E-state index >= 15 is 0 Å². The van der Waals surface area contributed by atoms with E-state index in [1.54, 1.807) is 0 Å². The maximum atomic E-state index is 6.16. The SMILES string of the molecule is CCCCCOC1CC(CC)CCC1NCCC. The highest BCUT2D eigenvalue weighted by Gasteiger charge is 2.29. The molecule has 0 aliphatic heterocycles. The Morgan fingerprint density at radius 3 is 2.56 bits per heavy atom. The fourth-order valence-electron chi connectivity index (χ4n) is 2.92. The first-order chi connectivity index (χ1) is 8.81. The van der Waals surface area contributed by atoms with Gasteiger partial charge in [0.05, 0.1) is 6.10 Å². The highest BCUT2D eigenvalue weighted by Crippen LogP contribution is 2.29. The Morgan fingerprint density at radius 1 is 1.06 bits per heavy atom. The first kappa shape index (κ1) is 16.0. The standard InChI is InChI=1S/C16H33NO/c1-4-7-8-12-18-16-13-14(6-3)9-10-15(16)17-11-5-2/h14-17H,4-13H2,1-3H3. The van der Waals surface area contributed by atoms with Crippen molar-refractivity contribution in [3.8, 4) is 0 Å². The van der Waals surface area contributed by atoms with E-state index in [9.17, 15) is 0 Å². The van der Waals surface area contributed by atoms with Crippen molar-refractivity contribution in [1.29, 1.82) is 0 Å². The van der Waals surface area contributed by atoms with Crippen LogP contribution in [-0.2, 0) is 4.74 Å². The maximum absolute atomic E-state index is 6.16. The summed E-state index contributed by atoms with van der Waals surface area (Å²) in [6.07, 6.45) is 10.8. The second-order valence-corrected chi connectivity index (χ2v) is 5.76. The summed E-state index contributed by atoms with van der Waals surface area (Å²) in [4.78, 5) is 0. The number of unbranched alkanes of at least 4 members (excludes halogenated alkanes) is 2. The molecule has 108 valence electrons. The van der Waals surface area contributed by atoms with Crippen LogP contribution in [0.15, 0.2) is 0 Å². The molecule has 1 fully saturated rings. The van der Waals surface area contributed by atoms with Gasteiger partial charge in [-0.3, -0.25) is 0 Å². The van der Waals surface area contributed by atoms with Gasteiger partial charge in [0, 0.05) is 12.6 Å². The molecule has 1 rings (SSSR count). The van der Waals surface area contributed by atoms with Crippen molar-refractivity contribution >= 4 is 0 Å². The van der Waals surface area contributed by atoms with E-state index in [-0.39, 0.29) is 0 Å². The molecule has 0 amide bonds. The maximum Gasteiger partial charge on any atom is 0.0730 e. The highest BCUT2D eigenvalue weighted by molar-refractivity contribution is 4.85. The molecular formula is C16H33NO. The molecule has 0 bridgehead atoms. The summed E-state index contributed by atoms with van der Waals surface area (Å²) in [5.74, 6) is 0.890. The van der Waals surface area contributed by atoms with Crippen molar-refractivity contribution in [3.63, 3.8) is 0 Å². The second-order valence-electron chi connectivity index (χ2n) is 5.76. The third-order valence-electron chi connectivity index (χ3n) is 4.21. The number of nitrogens with one attached hydrogen (secondary N) is 1. The van der Waals surface area contributed by atoms with Gasteiger partial charge in [0.25, 0.3) is 0 Å². The van der Waals surface area contributed by atoms with Crippen LogP contribution in [0, 0.1) is 5.92 Å². The van der Waals surface area contributed by atoms with Crippen LogP contribution >= 0.6 is 0 Å². The first-order valence-electron chi connectivity index (χ1n) is 8.16. The van der Waals surface area contributed by atoms with E-state index in [0.717, 1.165) is 19.1 Å². The molecule has 1 aliphatic carbocycles. The molecule has 0 saturated heterocycles. The van der Waals surface area contributed by atoms with Crippen LogP contribution in [0.4, 0.5) is 0 Å². The summed E-state index contributed by atoms with van der Waals surface area (Å²) in [6.45, 7) is 8.90. The lowest BCUT2D eigenvalue weighted by atomic mass is 9.82. The molecule has 0 heterocycles. The Bertz CT molecular complexity index is 196. The molecule has 0 spiro atoms. The van der Waals surface area contributed by atoms with Crippen LogP contribution in [-0.4, -0.2) is 25.3 Å². The number of rotatable bonds is 9. The van der Waals surface area contributed by atoms with Gasteiger partial charge >= 0.3 is 0 Å². The van der Waals surface area contributed by atoms with Crippen molar-refractivity contribution < 1.29 is 4.74 Å². The highest BCUT2D eigenvalue weighted by atomic mass is 16.5. The van der Waals surface area contributed by atoms with E-state index in [1.807, 2.05) is 0 Å². The fraction of sp³-hybridized carbons (Fsp3) is 1.00. The molecule has 18 heavy (non-hydrogen) atoms. The molecule has 1 saturated carbocycles. The van der Waals surface area contributed by atoms with Gasteiger partial charge < -0.3 is 10.1 Å². The third kappa shape index (κ3) is 5.71. The van der Waals surface area contributed by atoms with E-state index in [1.165, 1.54) is 51.4 Å². The predicted octanol–water partition coefficient (Wildman–Crippen LogP) is 4.14. The van der Waals surface area contributed by atoms with Gasteiger partial charge in [0.2, 0.25) is 0 Å². The molecule has 2 nitrogen and oxygen atoms in total. The lowest BCUT2D eigenvalue weighted by Gasteiger charge is -2.36. The Morgan fingerprint density at radius 2 is 1.89 bits per heavy atom. The van der Waals surface area contributed by atoms with E-state index in [0.29, 0.717) is 12.1 Å². The smallest absolute Gasteiger partial charge is 0.0730 e. The zero-order chi connectivity index (χ0) is 13.2. The minimum absolute atomic E-state index is 0.465. The molecular weight excluding hydrogens is 222 g/mol. The Kier molecular flexibility index (Phi) is 8.70. The quantitative estimate of drug-likeness (QED) is 0.625. The van der Waals surface area contributed by atoms with Crippen LogP contribution in [0.25, 0.3) is 0 Å². The topological polar surface area (TPSA) is 21.3 Å². The molecule has 0 radical (unpaired) electrons. The largest absolute Gasteiger partial charge is 0.377 e. The fourth-order valence-corrected chi connectivity index (χ4v) is 2.92. The Hall–Kier alpha value is -0.0800. The zero-order valence-electron chi connectivity index (χ0n) is 12.7. The molecule has 3 atom stereocenters. The van der Waals surface area contributed by atoms with Gasteiger partial charge in [-0.1, -0.05) is 40.0 Å². The van der Waals surface area contributed by atoms with Crippen molar-refractivity contribution in [3.05, 3.63) is 0 Å². The monoisotopic (exact) mass is 255 g/mol. The lowest BCUT2D eigenvalue weighted by Crippen LogP contribution is -2.46. The first-order valence-corrected chi connectivity index (χ1v) is 8.16. The molecule has 2 heteroatoms. The Balaban J connectivity index is 2.33. The molecule has 0 aromatic heterocycles. The minimum atomic E-state index is 0.465. The summed E-state index contributed by atoms with van der Waals surface area (Å²) in [5, 5.41) is 3.68. The summed E-state index contributed by atoms with van der Waals surface area (Å²) < 4.78 is 6.16. The average molecular weight is 255 g/mol. The molecule has 1 aliphatic rings. The van der Waals surface area contributed by atoms with Gasteiger partial charge in [0.1, 0.15) is 0 Å². The van der Waals surface area contributed by atoms with Crippen molar-refractivity contribution in [1.82, 2.24) is 5.32 Å². The van der Waals surface area contributed by atoms with Crippen LogP contribution in [0.1, 0.15) is 72.1 Å². The van der Waals surface area contributed by atoms with Gasteiger partial charge in [-0.15, -0.1) is 0 Å². The van der Waals surface area contributed by atoms with Gasteiger partial charge in [-0.05, 0) is 44.6 Å². The van der Waals surface area contributed by atoms with Crippen LogP contribution < -0.4 is 5.32 Å². The summed E-state index contributed by atoms with van der Waals surface area (Å²) >= 11 is 0. The van der Waals surface area contributed by atoms with Crippen molar-refractivity contribution in [2.45, 2.75) is 84.3 Å². The summed E-state index contributed by atoms with van der Waals surface area (Å²) in [5.41, 5.74) is 0. The van der Waals surface area contributed by atoms with Crippen LogP contribution in [0.3, 0.4) is 0 Å². The van der Waals surface area contributed by atoms with E-state index < -0.39 is 0 Å². The van der Waals surface area contributed by atoms with Crippen LogP contribution in [0.5, 0.6) is 0 Å². The van der Waals surface area contributed by atoms with Gasteiger partial charge in [0.15, 0.2) is 0 Å².